The van der Waals surface area contributed by atoms with Crippen LogP contribution < -0.4 is 0 Å². The van der Waals surface area contributed by atoms with Crippen LogP contribution in [0.3, 0.4) is 0 Å². The van der Waals surface area contributed by atoms with Crippen LogP contribution in [0.2, 0.25) is 0 Å². The summed E-state index contributed by atoms with van der Waals surface area (Å²) in [6, 6.07) is 18.0. The molecule has 4 rings (SSSR count). The number of carbonyl (C=O) groups is 1. The molecule has 4 heteroatoms. The van der Waals surface area contributed by atoms with E-state index in [-0.39, 0.29) is 5.91 Å². The minimum Gasteiger partial charge on any atom is -0.347 e. The molecule has 0 bridgehead atoms. The van der Waals surface area contributed by atoms with Gasteiger partial charge in [-0.1, -0.05) is 42.5 Å². The summed E-state index contributed by atoms with van der Waals surface area (Å²) in [6.45, 7) is 1.33. The maximum absolute atomic E-state index is 12.7. The van der Waals surface area contributed by atoms with Gasteiger partial charge in [-0.2, -0.15) is 0 Å². The summed E-state index contributed by atoms with van der Waals surface area (Å²) < 4.78 is 0. The quantitative estimate of drug-likeness (QED) is 0.790. The summed E-state index contributed by atoms with van der Waals surface area (Å²) in [4.78, 5) is 21.9. The molecule has 1 N–H and O–H groups in total. The normalized spacial score (nSPS) is 13.7. The van der Waals surface area contributed by atoms with E-state index < -0.39 is 0 Å². The third-order valence-corrected chi connectivity index (χ3v) is 4.30. The van der Waals surface area contributed by atoms with Crippen molar-refractivity contribution < 1.29 is 4.79 Å². The van der Waals surface area contributed by atoms with Gasteiger partial charge in [-0.25, -0.2) is 4.98 Å². The monoisotopic (exact) mass is 303 g/mol. The van der Waals surface area contributed by atoms with Gasteiger partial charge < -0.3 is 9.88 Å². The number of H-pyrrole nitrogens is 1. The maximum atomic E-state index is 12.7. The Labute approximate surface area is 134 Å². The van der Waals surface area contributed by atoms with Gasteiger partial charge in [0.25, 0.3) is 5.91 Å². The maximum Gasteiger partial charge on any atom is 0.254 e. The van der Waals surface area contributed by atoms with Crippen molar-refractivity contribution in [3.8, 4) is 11.1 Å². The van der Waals surface area contributed by atoms with Gasteiger partial charge in [0, 0.05) is 18.5 Å². The Hall–Kier alpha value is -2.88. The Morgan fingerprint density at radius 2 is 1.74 bits per heavy atom. The highest BCUT2D eigenvalue weighted by atomic mass is 16.2. The molecule has 0 saturated heterocycles. The first-order valence-electron chi connectivity index (χ1n) is 7.77. The van der Waals surface area contributed by atoms with Crippen LogP contribution in [0.5, 0.6) is 0 Å². The van der Waals surface area contributed by atoms with Crippen LogP contribution in [0.4, 0.5) is 0 Å². The van der Waals surface area contributed by atoms with E-state index in [1.165, 1.54) is 0 Å². The number of hydrogen-bond donors (Lipinski definition) is 1. The number of amides is 1. The minimum absolute atomic E-state index is 0.0739. The number of aromatic amines is 1. The molecule has 4 nitrogen and oxygen atoms in total. The van der Waals surface area contributed by atoms with Crippen molar-refractivity contribution in [2.45, 2.75) is 13.0 Å². The molecule has 114 valence electrons. The summed E-state index contributed by atoms with van der Waals surface area (Å²) in [7, 11) is 0. The van der Waals surface area contributed by atoms with E-state index >= 15 is 0 Å². The van der Waals surface area contributed by atoms with Crippen LogP contribution >= 0.6 is 0 Å². The van der Waals surface area contributed by atoms with Gasteiger partial charge >= 0.3 is 0 Å². The largest absolute Gasteiger partial charge is 0.347 e. The van der Waals surface area contributed by atoms with Crippen LogP contribution in [0.15, 0.2) is 60.9 Å². The van der Waals surface area contributed by atoms with Crippen molar-refractivity contribution in [3.63, 3.8) is 0 Å². The number of nitrogens with one attached hydrogen (secondary N) is 1. The van der Waals surface area contributed by atoms with Gasteiger partial charge in [0.1, 0.15) is 0 Å². The first-order chi connectivity index (χ1) is 11.3. The van der Waals surface area contributed by atoms with Gasteiger partial charge in [-0.15, -0.1) is 0 Å². The Bertz CT molecular complexity index is 821. The van der Waals surface area contributed by atoms with Crippen molar-refractivity contribution in [2.24, 2.45) is 0 Å². The molecule has 0 spiro atoms. The molecular weight excluding hydrogens is 286 g/mol. The van der Waals surface area contributed by atoms with E-state index in [0.29, 0.717) is 6.54 Å². The van der Waals surface area contributed by atoms with Crippen molar-refractivity contribution in [1.29, 1.82) is 0 Å². The number of nitrogens with zero attached hydrogens (tertiary/aromatic N) is 2. The molecule has 0 atom stereocenters. The van der Waals surface area contributed by atoms with Crippen LogP contribution in [0.25, 0.3) is 11.1 Å². The van der Waals surface area contributed by atoms with E-state index in [1.54, 1.807) is 6.33 Å². The second kappa shape index (κ2) is 5.72. The van der Waals surface area contributed by atoms with E-state index in [4.69, 9.17) is 0 Å². The fourth-order valence-corrected chi connectivity index (χ4v) is 3.00. The van der Waals surface area contributed by atoms with Crippen molar-refractivity contribution in [2.75, 3.05) is 6.54 Å². The Kier molecular flexibility index (Phi) is 3.42. The molecule has 1 amide bonds. The highest BCUT2D eigenvalue weighted by molar-refractivity contribution is 5.94. The predicted octanol–water partition coefficient (Wildman–Crippen LogP) is 3.28. The third-order valence-electron chi connectivity index (χ3n) is 4.30. The average Bonchev–Trinajstić information content (AvgIpc) is 3.10. The van der Waals surface area contributed by atoms with Crippen molar-refractivity contribution in [3.05, 3.63) is 77.9 Å². The second-order valence-corrected chi connectivity index (χ2v) is 5.75. The van der Waals surface area contributed by atoms with E-state index in [9.17, 15) is 4.79 Å². The second-order valence-electron chi connectivity index (χ2n) is 5.75. The van der Waals surface area contributed by atoms with Crippen LogP contribution in [-0.4, -0.2) is 27.3 Å². The van der Waals surface area contributed by atoms with Gasteiger partial charge in [-0.05, 0) is 23.3 Å². The third kappa shape index (κ3) is 2.63. The van der Waals surface area contributed by atoms with E-state index in [0.717, 1.165) is 41.0 Å². The van der Waals surface area contributed by atoms with Gasteiger partial charge in [-0.3, -0.25) is 4.79 Å². The highest BCUT2D eigenvalue weighted by Crippen LogP contribution is 2.21. The van der Waals surface area contributed by atoms with E-state index in [2.05, 4.69) is 22.1 Å². The predicted molar refractivity (Wildman–Crippen MR) is 88.9 cm³/mol. The molecule has 2 aromatic carbocycles. The topological polar surface area (TPSA) is 49.0 Å². The zero-order valence-electron chi connectivity index (χ0n) is 12.7. The summed E-state index contributed by atoms with van der Waals surface area (Å²) in [5.74, 6) is 0.0739. The molecular formula is C19H17N3O. The fourth-order valence-electron chi connectivity index (χ4n) is 3.00. The van der Waals surface area contributed by atoms with Gasteiger partial charge in [0.2, 0.25) is 0 Å². The summed E-state index contributed by atoms with van der Waals surface area (Å²) >= 11 is 0. The minimum atomic E-state index is 0.0739. The number of aromatic nitrogens is 2. The summed E-state index contributed by atoms with van der Waals surface area (Å²) in [6.07, 6.45) is 2.51. The molecule has 3 aromatic rings. The smallest absolute Gasteiger partial charge is 0.254 e. The lowest BCUT2D eigenvalue weighted by atomic mass is 10.0. The van der Waals surface area contributed by atoms with Crippen molar-refractivity contribution in [1.82, 2.24) is 14.9 Å². The Morgan fingerprint density at radius 3 is 2.52 bits per heavy atom. The number of carbonyl (C=O) groups excluding carboxylic acids is 1. The number of rotatable bonds is 2. The molecule has 23 heavy (non-hydrogen) atoms. The number of hydrogen-bond acceptors (Lipinski definition) is 2. The zero-order valence-corrected chi connectivity index (χ0v) is 12.7. The standard InChI is InChI=1S/C19H17N3O/c23-19(22-11-10-17-18(12-22)21-13-20-17)16-8-6-15(7-9-16)14-4-2-1-3-5-14/h1-9,13H,10-12H2,(H,20,21). The Morgan fingerprint density at radius 1 is 1.00 bits per heavy atom. The zero-order chi connectivity index (χ0) is 15.6. The lowest BCUT2D eigenvalue weighted by Crippen LogP contribution is -2.36. The molecule has 1 aliphatic heterocycles. The molecule has 2 heterocycles. The van der Waals surface area contributed by atoms with Crippen LogP contribution in [-0.2, 0) is 13.0 Å². The van der Waals surface area contributed by atoms with Gasteiger partial charge in [0.05, 0.1) is 24.3 Å². The lowest BCUT2D eigenvalue weighted by molar-refractivity contribution is 0.0732. The molecule has 1 aromatic heterocycles. The number of benzene rings is 2. The van der Waals surface area contributed by atoms with Crippen LogP contribution in [0, 0.1) is 0 Å². The molecule has 0 aliphatic carbocycles. The number of fused-ring (bicyclic) bond motifs is 1. The molecule has 0 unspecified atom stereocenters. The molecule has 0 saturated carbocycles. The number of imidazole rings is 1. The molecule has 1 aliphatic rings. The Balaban J connectivity index is 1.53. The SMILES string of the molecule is O=C(c1ccc(-c2ccccc2)cc1)N1CCc2nc[nH]c2C1. The first kappa shape index (κ1) is 13.8. The lowest BCUT2D eigenvalue weighted by Gasteiger charge is -2.26. The van der Waals surface area contributed by atoms with Crippen molar-refractivity contribution >= 4 is 5.91 Å². The first-order valence-corrected chi connectivity index (χ1v) is 7.77. The highest BCUT2D eigenvalue weighted by Gasteiger charge is 2.23. The summed E-state index contributed by atoms with van der Waals surface area (Å²) in [5, 5.41) is 0. The summed E-state index contributed by atoms with van der Waals surface area (Å²) in [5.41, 5.74) is 5.13. The van der Waals surface area contributed by atoms with E-state index in [1.807, 2.05) is 47.4 Å². The van der Waals surface area contributed by atoms with Crippen LogP contribution in [0.1, 0.15) is 21.7 Å². The molecule has 0 radical (unpaired) electrons. The average molecular weight is 303 g/mol. The fraction of sp³-hybridized carbons (Fsp3) is 0.158. The van der Waals surface area contributed by atoms with Gasteiger partial charge in [0.15, 0.2) is 0 Å². The molecule has 0 fully saturated rings.